The molecular weight excluding hydrogens is 328 g/mol. The fraction of sp³-hybridized carbons (Fsp3) is 0.267. The Labute approximate surface area is 143 Å². The van der Waals surface area contributed by atoms with Crippen LogP contribution in [-0.2, 0) is 11.3 Å². The smallest absolute Gasteiger partial charge is 0.321 e. The molecule has 9 heteroatoms. The van der Waals surface area contributed by atoms with Crippen LogP contribution in [0, 0.1) is 0 Å². The average molecular weight is 346 g/mol. The van der Waals surface area contributed by atoms with Crippen LogP contribution in [0.25, 0.3) is 11.4 Å². The summed E-state index contributed by atoms with van der Waals surface area (Å²) in [6.45, 7) is 5.94. The lowest BCUT2D eigenvalue weighted by molar-refractivity contribution is -0.119. The normalized spacial score (nSPS) is 11.6. The quantitative estimate of drug-likeness (QED) is 0.606. The molecule has 126 valence electrons. The first-order valence-corrected chi connectivity index (χ1v) is 8.08. The summed E-state index contributed by atoms with van der Waals surface area (Å²) in [7, 11) is 1.45. The second kappa shape index (κ2) is 8.25. The van der Waals surface area contributed by atoms with E-state index in [4.69, 9.17) is 0 Å². The third-order valence-corrected chi connectivity index (χ3v) is 4.16. The first kappa shape index (κ1) is 17.7. The standard InChI is InChI=1S/C15H18N6O2S/c1-4-9-21-12(11-5-7-17-8-6-11)19-20-15(21)24-10(2)13(22)18-14(23)16-3/h4-8,10H,1,9H2,2-3H3,(H2,16,18,22,23)/t10-/m1/s1. The van der Waals surface area contributed by atoms with Crippen molar-refractivity contribution in [2.75, 3.05) is 7.05 Å². The van der Waals surface area contributed by atoms with E-state index in [1.54, 1.807) is 25.4 Å². The summed E-state index contributed by atoms with van der Waals surface area (Å²) in [5, 5.41) is 13.0. The highest BCUT2D eigenvalue weighted by Crippen LogP contribution is 2.26. The van der Waals surface area contributed by atoms with Gasteiger partial charge in [0.25, 0.3) is 0 Å². The fourth-order valence-electron chi connectivity index (χ4n) is 1.87. The van der Waals surface area contributed by atoms with Gasteiger partial charge < -0.3 is 5.32 Å². The monoisotopic (exact) mass is 346 g/mol. The largest absolute Gasteiger partial charge is 0.341 e. The second-order valence-corrected chi connectivity index (χ2v) is 6.08. The zero-order chi connectivity index (χ0) is 17.5. The SMILES string of the molecule is C=CCn1c(S[C@H](C)C(=O)NC(=O)NC)nnc1-c1ccncc1. The topological polar surface area (TPSA) is 102 Å². The first-order chi connectivity index (χ1) is 11.6. The summed E-state index contributed by atoms with van der Waals surface area (Å²) >= 11 is 1.22. The Morgan fingerprint density at radius 2 is 2.08 bits per heavy atom. The number of nitrogens with one attached hydrogen (secondary N) is 2. The zero-order valence-corrected chi connectivity index (χ0v) is 14.2. The van der Waals surface area contributed by atoms with Crippen LogP contribution in [0.5, 0.6) is 0 Å². The summed E-state index contributed by atoms with van der Waals surface area (Å²) in [6, 6.07) is 3.12. The van der Waals surface area contributed by atoms with Crippen molar-refractivity contribution in [2.45, 2.75) is 23.9 Å². The molecule has 2 rings (SSSR count). The minimum absolute atomic E-state index is 0.405. The molecule has 0 aliphatic heterocycles. The lowest BCUT2D eigenvalue weighted by Gasteiger charge is -2.12. The molecule has 2 heterocycles. The van der Waals surface area contributed by atoms with E-state index in [1.165, 1.54) is 18.8 Å². The van der Waals surface area contributed by atoms with Gasteiger partial charge in [-0.05, 0) is 19.1 Å². The number of carbonyl (C=O) groups excluding carboxylic acids is 2. The number of nitrogens with zero attached hydrogens (tertiary/aromatic N) is 4. The van der Waals surface area contributed by atoms with Crippen molar-refractivity contribution in [3.05, 3.63) is 37.2 Å². The van der Waals surface area contributed by atoms with Crippen LogP contribution < -0.4 is 10.6 Å². The molecule has 0 unspecified atom stereocenters. The van der Waals surface area contributed by atoms with E-state index >= 15 is 0 Å². The van der Waals surface area contributed by atoms with Crippen LogP contribution in [0.4, 0.5) is 4.79 Å². The molecule has 0 aliphatic carbocycles. The molecule has 0 bridgehead atoms. The second-order valence-electron chi connectivity index (χ2n) is 4.77. The van der Waals surface area contributed by atoms with Gasteiger partial charge in [-0.3, -0.25) is 19.7 Å². The van der Waals surface area contributed by atoms with Gasteiger partial charge in [-0.1, -0.05) is 17.8 Å². The maximum atomic E-state index is 12.0. The van der Waals surface area contributed by atoms with Crippen molar-refractivity contribution >= 4 is 23.7 Å². The van der Waals surface area contributed by atoms with Crippen molar-refractivity contribution in [2.24, 2.45) is 0 Å². The molecule has 0 saturated carbocycles. The third-order valence-electron chi connectivity index (χ3n) is 3.08. The predicted molar refractivity (Wildman–Crippen MR) is 91.4 cm³/mol. The highest BCUT2D eigenvalue weighted by atomic mass is 32.2. The number of hydrogen-bond acceptors (Lipinski definition) is 6. The van der Waals surface area contributed by atoms with Crippen molar-refractivity contribution in [1.29, 1.82) is 0 Å². The molecule has 0 radical (unpaired) electrons. The Hall–Kier alpha value is -2.68. The van der Waals surface area contributed by atoms with Gasteiger partial charge in [0, 0.05) is 31.5 Å². The summed E-state index contributed by atoms with van der Waals surface area (Å²) in [6.07, 6.45) is 5.08. The molecule has 0 saturated heterocycles. The van der Waals surface area contributed by atoms with Crippen LogP contribution in [0.15, 0.2) is 42.3 Å². The molecule has 2 N–H and O–H groups in total. The highest BCUT2D eigenvalue weighted by Gasteiger charge is 2.21. The molecular formula is C15H18N6O2S. The number of allylic oxidation sites excluding steroid dienone is 1. The Morgan fingerprint density at radius 3 is 2.71 bits per heavy atom. The van der Waals surface area contributed by atoms with Gasteiger partial charge in [0.2, 0.25) is 5.91 Å². The Morgan fingerprint density at radius 1 is 1.38 bits per heavy atom. The van der Waals surface area contributed by atoms with Crippen LogP contribution in [0.1, 0.15) is 6.92 Å². The lowest BCUT2D eigenvalue weighted by atomic mass is 10.2. The van der Waals surface area contributed by atoms with Gasteiger partial charge in [0.15, 0.2) is 11.0 Å². The van der Waals surface area contributed by atoms with E-state index < -0.39 is 17.2 Å². The maximum absolute atomic E-state index is 12.0. The summed E-state index contributed by atoms with van der Waals surface area (Å²) < 4.78 is 1.86. The molecule has 0 spiro atoms. The summed E-state index contributed by atoms with van der Waals surface area (Å²) in [5.74, 6) is 0.261. The van der Waals surface area contributed by atoms with E-state index in [1.807, 2.05) is 16.7 Å². The van der Waals surface area contributed by atoms with Crippen molar-refractivity contribution in [3.63, 3.8) is 0 Å². The number of urea groups is 1. The highest BCUT2D eigenvalue weighted by molar-refractivity contribution is 8.00. The molecule has 2 aromatic heterocycles. The minimum atomic E-state index is -0.544. The Bertz CT molecular complexity index is 731. The van der Waals surface area contributed by atoms with Crippen molar-refractivity contribution in [1.82, 2.24) is 30.4 Å². The number of thioether (sulfide) groups is 1. The molecule has 8 nitrogen and oxygen atoms in total. The number of hydrogen-bond donors (Lipinski definition) is 2. The summed E-state index contributed by atoms with van der Waals surface area (Å²) in [4.78, 5) is 27.2. The van der Waals surface area contributed by atoms with Crippen molar-refractivity contribution in [3.8, 4) is 11.4 Å². The molecule has 3 amide bonds. The first-order valence-electron chi connectivity index (χ1n) is 7.20. The number of aromatic nitrogens is 4. The fourth-order valence-corrected chi connectivity index (χ4v) is 2.73. The predicted octanol–water partition coefficient (Wildman–Crippen LogP) is 1.46. The van der Waals surface area contributed by atoms with E-state index in [9.17, 15) is 9.59 Å². The lowest BCUT2D eigenvalue weighted by Crippen LogP contribution is -2.41. The zero-order valence-electron chi connectivity index (χ0n) is 13.4. The van der Waals surface area contributed by atoms with Crippen LogP contribution in [-0.4, -0.2) is 44.0 Å². The third kappa shape index (κ3) is 4.19. The molecule has 1 atom stereocenters. The van der Waals surface area contributed by atoms with Gasteiger partial charge in [0.1, 0.15) is 0 Å². The number of pyridine rings is 1. The molecule has 0 aliphatic rings. The summed E-state index contributed by atoms with van der Waals surface area (Å²) in [5.41, 5.74) is 0.869. The number of amides is 3. The van der Waals surface area contributed by atoms with Crippen LogP contribution in [0.2, 0.25) is 0 Å². The minimum Gasteiger partial charge on any atom is -0.341 e. The van der Waals surface area contributed by atoms with Crippen LogP contribution in [0.3, 0.4) is 0 Å². The molecule has 24 heavy (non-hydrogen) atoms. The number of rotatable bonds is 6. The van der Waals surface area contributed by atoms with Gasteiger partial charge >= 0.3 is 6.03 Å². The van der Waals surface area contributed by atoms with E-state index in [0.717, 1.165) is 5.56 Å². The number of carbonyl (C=O) groups is 2. The van der Waals surface area contributed by atoms with E-state index in [0.29, 0.717) is 17.5 Å². The molecule has 0 fully saturated rings. The van der Waals surface area contributed by atoms with Gasteiger partial charge in [-0.25, -0.2) is 4.79 Å². The molecule has 0 aromatic carbocycles. The van der Waals surface area contributed by atoms with E-state index in [-0.39, 0.29) is 0 Å². The van der Waals surface area contributed by atoms with Gasteiger partial charge in [0.05, 0.1) is 5.25 Å². The Balaban J connectivity index is 2.21. The van der Waals surface area contributed by atoms with Crippen molar-refractivity contribution < 1.29 is 9.59 Å². The number of imide groups is 1. The molecule has 2 aromatic rings. The Kier molecular flexibility index (Phi) is 6.07. The van der Waals surface area contributed by atoms with Gasteiger partial charge in [-0.2, -0.15) is 0 Å². The van der Waals surface area contributed by atoms with E-state index in [2.05, 4.69) is 32.4 Å². The maximum Gasteiger partial charge on any atom is 0.321 e. The average Bonchev–Trinajstić information content (AvgIpc) is 2.98. The van der Waals surface area contributed by atoms with Gasteiger partial charge in [-0.15, -0.1) is 16.8 Å². The van der Waals surface area contributed by atoms with Crippen LogP contribution >= 0.6 is 11.8 Å².